The van der Waals surface area contributed by atoms with Gasteiger partial charge in [-0.3, -0.25) is 0 Å². The number of hydrogen-bond donors (Lipinski definition) is 0. The molecule has 0 aliphatic carbocycles. The molecule has 0 N–H and O–H groups in total. The van der Waals surface area contributed by atoms with Crippen LogP contribution in [0.1, 0.15) is 0 Å². The molecular weight excluding hydrogens is 599 g/mol. The SMILES string of the molecule is c1ccc(-c2nc(-c3ccc4ccccc4c3)nc(-c3ccc4c(c3)oc3c(-c5ccc6ccccc6c5)c5ccccc5cc34)n2)cc1. The molecule has 10 aromatic rings. The van der Waals surface area contributed by atoms with Gasteiger partial charge in [0.1, 0.15) is 11.2 Å². The van der Waals surface area contributed by atoms with Crippen LogP contribution < -0.4 is 0 Å². The average molecular weight is 626 g/mol. The molecule has 0 bridgehead atoms. The normalized spacial score (nSPS) is 11.7. The molecule has 0 saturated carbocycles. The highest BCUT2D eigenvalue weighted by molar-refractivity contribution is 6.19. The van der Waals surface area contributed by atoms with Crippen LogP contribution in [-0.2, 0) is 0 Å². The van der Waals surface area contributed by atoms with E-state index in [0.717, 1.165) is 60.5 Å². The molecule has 2 aromatic heterocycles. The minimum Gasteiger partial charge on any atom is -0.455 e. The van der Waals surface area contributed by atoms with Gasteiger partial charge in [-0.25, -0.2) is 15.0 Å². The largest absolute Gasteiger partial charge is 0.455 e. The molecule has 8 aromatic carbocycles. The number of aromatic nitrogens is 3. The van der Waals surface area contributed by atoms with Gasteiger partial charge in [0.25, 0.3) is 0 Å². The van der Waals surface area contributed by atoms with Gasteiger partial charge in [0.15, 0.2) is 17.5 Å². The quantitative estimate of drug-likeness (QED) is 0.195. The minimum atomic E-state index is 0.597. The van der Waals surface area contributed by atoms with Gasteiger partial charge in [0, 0.05) is 33.0 Å². The standard InChI is InChI=1S/C45H27N3O/c1-2-12-30(13-3-1)43-46-44(35-21-19-29-11-5-7-15-32(29)25-35)48-45(47-43)36-22-23-38-39-26-33-16-8-9-17-37(33)41(42(39)49-40(38)27-36)34-20-18-28-10-4-6-14-31(28)24-34/h1-27H. The van der Waals surface area contributed by atoms with Crippen LogP contribution in [0.15, 0.2) is 168 Å². The molecule has 0 radical (unpaired) electrons. The Kier molecular flexibility index (Phi) is 6.15. The molecule has 0 aliphatic rings. The fourth-order valence-electron chi connectivity index (χ4n) is 7.02. The molecule has 228 valence electrons. The topological polar surface area (TPSA) is 51.8 Å². The fraction of sp³-hybridized carbons (Fsp3) is 0. The van der Waals surface area contributed by atoms with Crippen LogP contribution in [0.2, 0.25) is 0 Å². The number of nitrogens with zero attached hydrogens (tertiary/aromatic N) is 3. The lowest BCUT2D eigenvalue weighted by Crippen LogP contribution is -2.00. The second-order valence-corrected chi connectivity index (χ2v) is 12.5. The van der Waals surface area contributed by atoms with Crippen molar-refractivity contribution in [3.63, 3.8) is 0 Å². The van der Waals surface area contributed by atoms with E-state index in [2.05, 4.69) is 133 Å². The first-order chi connectivity index (χ1) is 24.2. The first kappa shape index (κ1) is 27.5. The summed E-state index contributed by atoms with van der Waals surface area (Å²) in [4.78, 5) is 15.0. The highest BCUT2D eigenvalue weighted by atomic mass is 16.3. The van der Waals surface area contributed by atoms with Crippen molar-refractivity contribution in [2.75, 3.05) is 0 Å². The molecule has 0 aliphatic heterocycles. The Hall–Kier alpha value is -6.65. The molecule has 0 saturated heterocycles. The summed E-state index contributed by atoms with van der Waals surface area (Å²) in [6.45, 7) is 0. The number of fused-ring (bicyclic) bond motifs is 6. The minimum absolute atomic E-state index is 0.597. The smallest absolute Gasteiger partial charge is 0.164 e. The van der Waals surface area contributed by atoms with E-state index in [4.69, 9.17) is 19.4 Å². The molecule has 0 fully saturated rings. The second kappa shape index (κ2) is 11.0. The van der Waals surface area contributed by atoms with Gasteiger partial charge in [0.05, 0.1) is 0 Å². The maximum Gasteiger partial charge on any atom is 0.164 e. The zero-order valence-electron chi connectivity index (χ0n) is 26.3. The highest BCUT2D eigenvalue weighted by Crippen LogP contribution is 2.42. The van der Waals surface area contributed by atoms with Gasteiger partial charge >= 0.3 is 0 Å². The summed E-state index contributed by atoms with van der Waals surface area (Å²) in [6.07, 6.45) is 0. The lowest BCUT2D eigenvalue weighted by atomic mass is 9.93. The Balaban J connectivity index is 1.18. The molecule has 4 heteroatoms. The molecule has 49 heavy (non-hydrogen) atoms. The Morgan fingerprint density at radius 2 is 0.857 bits per heavy atom. The lowest BCUT2D eigenvalue weighted by Gasteiger charge is -2.10. The molecule has 10 rings (SSSR count). The highest BCUT2D eigenvalue weighted by Gasteiger charge is 2.19. The van der Waals surface area contributed by atoms with Crippen molar-refractivity contribution in [1.29, 1.82) is 0 Å². The molecule has 0 unspecified atom stereocenters. The van der Waals surface area contributed by atoms with Gasteiger partial charge < -0.3 is 4.42 Å². The van der Waals surface area contributed by atoms with Crippen molar-refractivity contribution in [3.05, 3.63) is 164 Å². The lowest BCUT2D eigenvalue weighted by molar-refractivity contribution is 0.670. The monoisotopic (exact) mass is 625 g/mol. The van der Waals surface area contributed by atoms with E-state index in [1.807, 2.05) is 30.3 Å². The maximum atomic E-state index is 6.83. The van der Waals surface area contributed by atoms with E-state index in [0.29, 0.717) is 17.5 Å². The van der Waals surface area contributed by atoms with Crippen LogP contribution in [0.25, 0.3) is 99.5 Å². The van der Waals surface area contributed by atoms with E-state index >= 15 is 0 Å². The summed E-state index contributed by atoms with van der Waals surface area (Å²) >= 11 is 0. The number of furan rings is 1. The Labute approximate surface area is 282 Å². The zero-order valence-corrected chi connectivity index (χ0v) is 26.3. The van der Waals surface area contributed by atoms with Crippen molar-refractivity contribution in [3.8, 4) is 45.3 Å². The summed E-state index contributed by atoms with van der Waals surface area (Å²) in [5.41, 5.74) is 6.63. The predicted molar refractivity (Wildman–Crippen MR) is 201 cm³/mol. The maximum absolute atomic E-state index is 6.83. The van der Waals surface area contributed by atoms with Crippen molar-refractivity contribution in [1.82, 2.24) is 15.0 Å². The third kappa shape index (κ3) is 4.65. The zero-order chi connectivity index (χ0) is 32.3. The Morgan fingerprint density at radius 1 is 0.327 bits per heavy atom. The summed E-state index contributed by atoms with van der Waals surface area (Å²) in [5.74, 6) is 1.85. The Morgan fingerprint density at radius 3 is 1.57 bits per heavy atom. The van der Waals surface area contributed by atoms with Crippen LogP contribution in [-0.4, -0.2) is 15.0 Å². The predicted octanol–water partition coefficient (Wildman–Crippen LogP) is 11.9. The van der Waals surface area contributed by atoms with E-state index in [1.165, 1.54) is 21.5 Å². The second-order valence-electron chi connectivity index (χ2n) is 12.5. The summed E-state index contributed by atoms with van der Waals surface area (Å²) in [7, 11) is 0. The third-order valence-electron chi connectivity index (χ3n) is 9.46. The van der Waals surface area contributed by atoms with E-state index in [1.54, 1.807) is 0 Å². The first-order valence-corrected chi connectivity index (χ1v) is 16.4. The summed E-state index contributed by atoms with van der Waals surface area (Å²) < 4.78 is 6.83. The van der Waals surface area contributed by atoms with E-state index in [-0.39, 0.29) is 0 Å². The van der Waals surface area contributed by atoms with Crippen molar-refractivity contribution in [2.24, 2.45) is 0 Å². The number of rotatable bonds is 4. The van der Waals surface area contributed by atoms with Crippen LogP contribution in [0, 0.1) is 0 Å². The summed E-state index contributed by atoms with van der Waals surface area (Å²) in [5, 5.41) is 9.21. The van der Waals surface area contributed by atoms with Gasteiger partial charge in [-0.15, -0.1) is 0 Å². The van der Waals surface area contributed by atoms with E-state index < -0.39 is 0 Å². The van der Waals surface area contributed by atoms with Gasteiger partial charge in [-0.1, -0.05) is 133 Å². The van der Waals surface area contributed by atoms with Gasteiger partial charge in [0.2, 0.25) is 0 Å². The fourth-order valence-corrected chi connectivity index (χ4v) is 7.02. The Bertz CT molecular complexity index is 2890. The van der Waals surface area contributed by atoms with Crippen LogP contribution in [0.4, 0.5) is 0 Å². The molecule has 2 heterocycles. The van der Waals surface area contributed by atoms with Crippen LogP contribution in [0.5, 0.6) is 0 Å². The molecule has 0 amide bonds. The number of hydrogen-bond acceptors (Lipinski definition) is 4. The van der Waals surface area contributed by atoms with Crippen LogP contribution >= 0.6 is 0 Å². The average Bonchev–Trinajstić information content (AvgIpc) is 3.54. The molecule has 0 spiro atoms. The van der Waals surface area contributed by atoms with Crippen LogP contribution in [0.3, 0.4) is 0 Å². The number of benzene rings is 8. The molecule has 0 atom stereocenters. The van der Waals surface area contributed by atoms with Crippen molar-refractivity contribution < 1.29 is 4.42 Å². The molecular formula is C45H27N3O. The van der Waals surface area contributed by atoms with Crippen molar-refractivity contribution in [2.45, 2.75) is 0 Å². The summed E-state index contributed by atoms with van der Waals surface area (Å²) in [6, 6.07) is 57.0. The van der Waals surface area contributed by atoms with Crippen molar-refractivity contribution >= 4 is 54.3 Å². The first-order valence-electron chi connectivity index (χ1n) is 16.4. The van der Waals surface area contributed by atoms with E-state index in [9.17, 15) is 0 Å². The van der Waals surface area contributed by atoms with Gasteiger partial charge in [-0.2, -0.15) is 0 Å². The third-order valence-corrected chi connectivity index (χ3v) is 9.46. The molecule has 4 nitrogen and oxygen atoms in total. The van der Waals surface area contributed by atoms with Gasteiger partial charge in [-0.05, 0) is 68.2 Å².